The third kappa shape index (κ3) is 4.89. The van der Waals surface area contributed by atoms with E-state index < -0.39 is 0 Å². The first-order chi connectivity index (χ1) is 12.6. The smallest absolute Gasteiger partial charge is 0.248 e. The molecule has 26 heavy (non-hydrogen) atoms. The molecule has 2 aromatic carbocycles. The van der Waals surface area contributed by atoms with Gasteiger partial charge < -0.3 is 5.73 Å². The average molecular weight is 388 g/mol. The number of hydrogen-bond donors (Lipinski definition) is 2. The molecule has 1 aliphatic carbocycles. The van der Waals surface area contributed by atoms with Crippen LogP contribution < -0.4 is 11.2 Å². The molecule has 0 aliphatic heterocycles. The van der Waals surface area contributed by atoms with Crippen molar-refractivity contribution in [1.29, 1.82) is 0 Å². The summed E-state index contributed by atoms with van der Waals surface area (Å²) in [6, 6.07) is 14.9. The highest BCUT2D eigenvalue weighted by molar-refractivity contribution is 7.99. The van der Waals surface area contributed by atoms with Gasteiger partial charge >= 0.3 is 0 Å². The zero-order chi connectivity index (χ0) is 18.4. The Morgan fingerprint density at radius 2 is 1.88 bits per heavy atom. The first-order valence-electron chi connectivity index (χ1n) is 9.07. The molecule has 138 valence electrons. The Hall–Kier alpha value is -1.79. The van der Waals surface area contributed by atoms with Gasteiger partial charge in [0.2, 0.25) is 5.91 Å². The maximum Gasteiger partial charge on any atom is 0.248 e. The topological polar surface area (TPSA) is 58.4 Å². The van der Waals surface area contributed by atoms with Crippen LogP contribution in [-0.4, -0.2) is 27.8 Å². The van der Waals surface area contributed by atoms with Crippen LogP contribution in [0, 0.1) is 0 Å². The van der Waals surface area contributed by atoms with Gasteiger partial charge in [-0.2, -0.15) is 0 Å². The molecular weight excluding hydrogens is 362 g/mol. The number of amides is 1. The molecule has 0 spiro atoms. The largest absolute Gasteiger partial charge is 0.375 e. The molecule has 0 heterocycles. The van der Waals surface area contributed by atoms with Crippen LogP contribution in [-0.2, 0) is 10.5 Å². The van der Waals surface area contributed by atoms with Gasteiger partial charge in [0.05, 0.1) is 11.8 Å². The van der Waals surface area contributed by atoms with Crippen LogP contribution in [0.1, 0.15) is 37.7 Å². The van der Waals surface area contributed by atoms with Crippen LogP contribution in [0.3, 0.4) is 0 Å². The van der Waals surface area contributed by atoms with E-state index in [9.17, 15) is 4.79 Å². The highest BCUT2D eigenvalue weighted by atomic mass is 32.2. The number of benzene rings is 2. The molecule has 2 aromatic rings. The van der Waals surface area contributed by atoms with Crippen molar-refractivity contribution in [3.8, 4) is 0 Å². The highest BCUT2D eigenvalue weighted by Crippen LogP contribution is 2.23. The number of thioether (sulfide) groups is 1. The van der Waals surface area contributed by atoms with E-state index in [4.69, 9.17) is 18.0 Å². The summed E-state index contributed by atoms with van der Waals surface area (Å²) in [6.45, 7) is 0. The van der Waals surface area contributed by atoms with E-state index in [0.717, 1.165) is 31.4 Å². The summed E-state index contributed by atoms with van der Waals surface area (Å²) in [6.07, 6.45) is 5.63. The van der Waals surface area contributed by atoms with E-state index in [1.165, 1.54) is 22.8 Å². The lowest BCUT2D eigenvalue weighted by Crippen LogP contribution is -2.55. The Kier molecular flexibility index (Phi) is 6.74. The molecule has 0 aromatic heterocycles. The summed E-state index contributed by atoms with van der Waals surface area (Å²) < 4.78 is 0. The molecule has 3 N–H and O–H groups in total. The SMILES string of the molecule is NC(=S)N(NC(=O)CSCc1cccc2ccccc12)C1CCCCC1. The standard InChI is InChI=1S/C20H25N3OS2/c21-20(25)23(17-10-2-1-3-11-17)22-19(24)14-26-13-16-9-6-8-15-7-4-5-12-18(15)16/h4-9,12,17H,1-3,10-11,13-14H2,(H2,21,25)(H,22,24). The molecule has 0 atom stereocenters. The van der Waals surface area contributed by atoms with Crippen molar-refractivity contribution in [2.45, 2.75) is 43.9 Å². The Labute approximate surface area is 164 Å². The second-order valence-electron chi connectivity index (χ2n) is 6.67. The molecule has 3 rings (SSSR count). The van der Waals surface area contributed by atoms with Gasteiger partial charge in [0.25, 0.3) is 0 Å². The van der Waals surface area contributed by atoms with Crippen molar-refractivity contribution in [1.82, 2.24) is 10.4 Å². The van der Waals surface area contributed by atoms with Crippen molar-refractivity contribution in [3.05, 3.63) is 48.0 Å². The molecule has 0 bridgehead atoms. The molecule has 0 saturated heterocycles. The Bertz CT molecular complexity index is 769. The fourth-order valence-corrected chi connectivity index (χ4v) is 4.52. The molecule has 6 heteroatoms. The average Bonchev–Trinajstić information content (AvgIpc) is 2.67. The van der Waals surface area contributed by atoms with Crippen LogP contribution in [0.25, 0.3) is 10.8 Å². The zero-order valence-electron chi connectivity index (χ0n) is 14.8. The van der Waals surface area contributed by atoms with Gasteiger partial charge in [-0.3, -0.25) is 15.2 Å². The van der Waals surface area contributed by atoms with Crippen molar-refractivity contribution in [2.75, 3.05) is 5.75 Å². The second kappa shape index (κ2) is 9.24. The summed E-state index contributed by atoms with van der Waals surface area (Å²) in [5.41, 5.74) is 10.0. The van der Waals surface area contributed by atoms with Crippen LogP contribution in [0.5, 0.6) is 0 Å². The Morgan fingerprint density at radius 1 is 1.15 bits per heavy atom. The van der Waals surface area contributed by atoms with E-state index >= 15 is 0 Å². The van der Waals surface area contributed by atoms with E-state index in [2.05, 4.69) is 35.8 Å². The first kappa shape index (κ1) is 19.0. The molecule has 1 saturated carbocycles. The molecule has 0 unspecified atom stereocenters. The summed E-state index contributed by atoms with van der Waals surface area (Å²) in [7, 11) is 0. The van der Waals surface area contributed by atoms with Crippen molar-refractivity contribution < 1.29 is 4.79 Å². The van der Waals surface area contributed by atoms with Gasteiger partial charge in [0.1, 0.15) is 0 Å². The number of carbonyl (C=O) groups is 1. The minimum absolute atomic E-state index is 0.0476. The minimum atomic E-state index is -0.0476. The van der Waals surface area contributed by atoms with Crippen LogP contribution >= 0.6 is 24.0 Å². The lowest BCUT2D eigenvalue weighted by atomic mass is 9.95. The van der Waals surface area contributed by atoms with Gasteiger partial charge in [0, 0.05) is 5.75 Å². The monoisotopic (exact) mass is 387 g/mol. The number of fused-ring (bicyclic) bond motifs is 1. The fourth-order valence-electron chi connectivity index (χ4n) is 3.50. The van der Waals surface area contributed by atoms with E-state index in [1.807, 2.05) is 12.1 Å². The maximum absolute atomic E-state index is 12.4. The van der Waals surface area contributed by atoms with Crippen LogP contribution in [0.4, 0.5) is 0 Å². The number of hydrazine groups is 1. The van der Waals surface area contributed by atoms with Crippen molar-refractivity contribution in [3.63, 3.8) is 0 Å². The van der Waals surface area contributed by atoms with Gasteiger partial charge in [0.15, 0.2) is 5.11 Å². The number of nitrogens with one attached hydrogen (secondary N) is 1. The normalized spacial score (nSPS) is 14.9. The quantitative estimate of drug-likeness (QED) is 0.600. The molecule has 1 aliphatic rings. The van der Waals surface area contributed by atoms with Gasteiger partial charge in [-0.25, -0.2) is 0 Å². The lowest BCUT2D eigenvalue weighted by Gasteiger charge is -2.34. The Morgan fingerprint density at radius 3 is 2.65 bits per heavy atom. The second-order valence-corrected chi connectivity index (χ2v) is 8.07. The molecule has 0 radical (unpaired) electrons. The van der Waals surface area contributed by atoms with Gasteiger partial charge in [-0.05, 0) is 41.4 Å². The molecule has 1 fully saturated rings. The predicted molar refractivity (Wildman–Crippen MR) is 114 cm³/mol. The highest BCUT2D eigenvalue weighted by Gasteiger charge is 2.23. The maximum atomic E-state index is 12.4. The summed E-state index contributed by atoms with van der Waals surface area (Å²) in [4.78, 5) is 12.4. The zero-order valence-corrected chi connectivity index (χ0v) is 16.5. The molecular formula is C20H25N3OS2. The van der Waals surface area contributed by atoms with Crippen LogP contribution in [0.15, 0.2) is 42.5 Å². The van der Waals surface area contributed by atoms with E-state index in [-0.39, 0.29) is 17.1 Å². The number of hydrogen-bond acceptors (Lipinski definition) is 3. The van der Waals surface area contributed by atoms with Crippen molar-refractivity contribution >= 4 is 45.8 Å². The Balaban J connectivity index is 1.53. The van der Waals surface area contributed by atoms with Crippen LogP contribution in [0.2, 0.25) is 0 Å². The number of thiocarbonyl (C=S) groups is 1. The molecule has 1 amide bonds. The summed E-state index contributed by atoms with van der Waals surface area (Å²) in [5, 5.41) is 4.43. The number of nitrogens with zero attached hydrogens (tertiary/aromatic N) is 1. The third-order valence-electron chi connectivity index (χ3n) is 4.79. The van der Waals surface area contributed by atoms with Gasteiger partial charge in [-0.1, -0.05) is 61.7 Å². The molecule has 4 nitrogen and oxygen atoms in total. The number of carbonyl (C=O) groups excluding carboxylic acids is 1. The van der Waals surface area contributed by atoms with E-state index in [0.29, 0.717) is 5.75 Å². The lowest BCUT2D eigenvalue weighted by molar-refractivity contribution is -0.122. The summed E-state index contributed by atoms with van der Waals surface area (Å²) in [5.74, 6) is 1.13. The van der Waals surface area contributed by atoms with Gasteiger partial charge in [-0.15, -0.1) is 11.8 Å². The van der Waals surface area contributed by atoms with E-state index in [1.54, 1.807) is 16.8 Å². The number of nitrogens with two attached hydrogens (primary N) is 1. The number of rotatable bonds is 5. The van der Waals surface area contributed by atoms with Crippen molar-refractivity contribution in [2.24, 2.45) is 5.73 Å². The summed E-state index contributed by atoms with van der Waals surface area (Å²) >= 11 is 6.75. The third-order valence-corrected chi connectivity index (χ3v) is 5.97. The fraction of sp³-hybridized carbons (Fsp3) is 0.400. The predicted octanol–water partition coefficient (Wildman–Crippen LogP) is 3.98. The minimum Gasteiger partial charge on any atom is -0.375 e. The first-order valence-corrected chi connectivity index (χ1v) is 10.6.